The maximum atomic E-state index is 11.3. The SMILES string of the molecule is C=C1CC1(CCC(C)=O)[Si](C)(C)c1ccccc1. The van der Waals surface area contributed by atoms with Gasteiger partial charge in [-0.15, -0.1) is 0 Å². The fraction of sp³-hybridized carbons (Fsp3) is 0.438. The number of hydrogen-bond donors (Lipinski definition) is 0. The first-order chi connectivity index (χ1) is 8.40. The van der Waals surface area contributed by atoms with Crippen LogP contribution in [-0.4, -0.2) is 13.9 Å². The van der Waals surface area contributed by atoms with E-state index < -0.39 is 8.07 Å². The molecule has 2 heteroatoms. The number of rotatable bonds is 5. The highest BCUT2D eigenvalue weighted by molar-refractivity contribution is 6.93. The third kappa shape index (κ3) is 2.10. The van der Waals surface area contributed by atoms with E-state index in [4.69, 9.17) is 0 Å². The summed E-state index contributed by atoms with van der Waals surface area (Å²) >= 11 is 0. The molecular formula is C16H22OSi. The largest absolute Gasteiger partial charge is 0.300 e. The van der Waals surface area contributed by atoms with Gasteiger partial charge in [-0.1, -0.05) is 60.8 Å². The van der Waals surface area contributed by atoms with Crippen LogP contribution in [0.4, 0.5) is 0 Å². The molecule has 1 unspecified atom stereocenters. The average Bonchev–Trinajstić information content (AvgIpc) is 3.01. The molecule has 0 spiro atoms. The van der Waals surface area contributed by atoms with Gasteiger partial charge >= 0.3 is 0 Å². The van der Waals surface area contributed by atoms with Crippen molar-refractivity contribution in [2.24, 2.45) is 0 Å². The minimum Gasteiger partial charge on any atom is -0.300 e. The van der Waals surface area contributed by atoms with Crippen LogP contribution in [-0.2, 0) is 4.79 Å². The molecule has 1 atom stereocenters. The highest BCUT2D eigenvalue weighted by Crippen LogP contribution is 2.67. The minimum absolute atomic E-state index is 0.264. The first-order valence-corrected chi connectivity index (χ1v) is 9.63. The van der Waals surface area contributed by atoms with E-state index in [0.717, 1.165) is 12.8 Å². The summed E-state index contributed by atoms with van der Waals surface area (Å²) in [5, 5.41) is 1.74. The predicted molar refractivity (Wildman–Crippen MR) is 79.9 cm³/mol. The number of hydrogen-bond acceptors (Lipinski definition) is 1. The Bertz CT molecular complexity index is 475. The normalized spacial score (nSPS) is 22.9. The lowest BCUT2D eigenvalue weighted by molar-refractivity contribution is -0.117. The van der Waals surface area contributed by atoms with E-state index in [1.54, 1.807) is 6.92 Å². The van der Waals surface area contributed by atoms with Crippen molar-refractivity contribution in [3.8, 4) is 0 Å². The van der Waals surface area contributed by atoms with E-state index in [9.17, 15) is 4.79 Å². The van der Waals surface area contributed by atoms with E-state index in [1.807, 2.05) is 0 Å². The summed E-state index contributed by atoms with van der Waals surface area (Å²) in [6, 6.07) is 10.8. The van der Waals surface area contributed by atoms with Gasteiger partial charge in [0.05, 0.1) is 8.07 Å². The standard InChI is InChI=1S/C16H22OSi/c1-13-12-16(13,11-10-14(2)17)18(3,4)15-8-6-5-7-9-15/h5-9H,1,10-12H2,2-4H3. The molecule has 1 aliphatic carbocycles. The summed E-state index contributed by atoms with van der Waals surface area (Å²) in [5.74, 6) is 0.298. The molecule has 1 aliphatic rings. The van der Waals surface area contributed by atoms with Crippen molar-refractivity contribution < 1.29 is 4.79 Å². The molecule has 0 saturated heterocycles. The second kappa shape index (κ2) is 4.50. The Kier molecular flexibility index (Phi) is 3.32. The molecule has 2 rings (SSSR count). The number of Topliss-reactive ketones (excluding diaryl/α,β-unsaturated/α-hetero) is 1. The second-order valence-corrected chi connectivity index (χ2v) is 10.8. The van der Waals surface area contributed by atoms with Gasteiger partial charge in [0.25, 0.3) is 0 Å². The second-order valence-electron chi connectivity index (χ2n) is 6.06. The van der Waals surface area contributed by atoms with Gasteiger partial charge in [-0.25, -0.2) is 0 Å². The zero-order chi connectivity index (χ0) is 13.4. The first kappa shape index (κ1) is 13.3. The third-order valence-corrected chi connectivity index (χ3v) is 9.61. The van der Waals surface area contributed by atoms with Crippen LogP contribution in [0.25, 0.3) is 0 Å². The molecule has 1 aromatic carbocycles. The van der Waals surface area contributed by atoms with Crippen molar-refractivity contribution in [3.05, 3.63) is 42.5 Å². The molecule has 18 heavy (non-hydrogen) atoms. The monoisotopic (exact) mass is 258 g/mol. The number of ketones is 1. The van der Waals surface area contributed by atoms with E-state index in [0.29, 0.717) is 12.2 Å². The molecular weight excluding hydrogens is 236 g/mol. The molecule has 0 aromatic heterocycles. The Balaban J connectivity index is 2.27. The van der Waals surface area contributed by atoms with Gasteiger partial charge in [0, 0.05) is 6.42 Å². The molecule has 96 valence electrons. The summed E-state index contributed by atoms with van der Waals surface area (Å²) in [5.41, 5.74) is 1.37. The minimum atomic E-state index is -1.58. The third-order valence-electron chi connectivity index (χ3n) is 4.66. The van der Waals surface area contributed by atoms with Gasteiger partial charge in [0.1, 0.15) is 5.78 Å². The molecule has 1 aromatic rings. The number of carbonyl (C=O) groups is 1. The van der Waals surface area contributed by atoms with Gasteiger partial charge in [0.2, 0.25) is 0 Å². The molecule has 0 aliphatic heterocycles. The average molecular weight is 258 g/mol. The summed E-state index contributed by atoms with van der Waals surface area (Å²) < 4.78 is 0. The highest BCUT2D eigenvalue weighted by atomic mass is 28.3. The summed E-state index contributed by atoms with van der Waals surface area (Å²) in [4.78, 5) is 11.3. The van der Waals surface area contributed by atoms with E-state index >= 15 is 0 Å². The molecule has 1 saturated carbocycles. The fourth-order valence-corrected chi connectivity index (χ4v) is 6.95. The van der Waals surface area contributed by atoms with Crippen LogP contribution >= 0.6 is 0 Å². The lowest BCUT2D eigenvalue weighted by Gasteiger charge is -2.33. The van der Waals surface area contributed by atoms with Gasteiger partial charge in [-0.3, -0.25) is 0 Å². The van der Waals surface area contributed by atoms with E-state index in [-0.39, 0.29) is 5.04 Å². The number of allylic oxidation sites excluding steroid dienone is 1. The topological polar surface area (TPSA) is 17.1 Å². The van der Waals surface area contributed by atoms with Crippen LogP contribution in [0, 0.1) is 0 Å². The molecule has 0 radical (unpaired) electrons. The predicted octanol–water partition coefficient (Wildman–Crippen LogP) is 3.67. The maximum Gasteiger partial charge on any atom is 0.129 e. The Morgan fingerprint density at radius 2 is 1.89 bits per heavy atom. The summed E-state index contributed by atoms with van der Waals surface area (Å²) in [6.45, 7) is 10.7. The molecule has 0 bridgehead atoms. The van der Waals surface area contributed by atoms with Crippen molar-refractivity contribution in [1.82, 2.24) is 0 Å². The Hall–Kier alpha value is -1.15. The first-order valence-electron chi connectivity index (χ1n) is 6.63. The Morgan fingerprint density at radius 1 is 1.33 bits per heavy atom. The molecule has 1 nitrogen and oxygen atoms in total. The number of benzene rings is 1. The van der Waals surface area contributed by atoms with Crippen LogP contribution < -0.4 is 5.19 Å². The fourth-order valence-electron chi connectivity index (χ4n) is 3.08. The van der Waals surface area contributed by atoms with Gasteiger partial charge < -0.3 is 4.79 Å². The van der Waals surface area contributed by atoms with Crippen molar-refractivity contribution in [1.29, 1.82) is 0 Å². The van der Waals surface area contributed by atoms with Gasteiger partial charge in [-0.05, 0) is 24.8 Å². The Morgan fingerprint density at radius 3 is 2.33 bits per heavy atom. The van der Waals surface area contributed by atoms with Crippen molar-refractivity contribution in [3.63, 3.8) is 0 Å². The smallest absolute Gasteiger partial charge is 0.129 e. The molecule has 1 fully saturated rings. The summed E-state index contributed by atoms with van der Waals surface area (Å²) in [7, 11) is -1.58. The van der Waals surface area contributed by atoms with Crippen molar-refractivity contribution in [2.75, 3.05) is 0 Å². The van der Waals surface area contributed by atoms with Gasteiger partial charge in [-0.2, -0.15) is 0 Å². The lowest BCUT2D eigenvalue weighted by Crippen LogP contribution is -2.47. The molecule has 0 N–H and O–H groups in total. The Labute approximate surface area is 111 Å². The zero-order valence-electron chi connectivity index (χ0n) is 11.6. The van der Waals surface area contributed by atoms with Crippen LogP contribution in [0.15, 0.2) is 42.5 Å². The summed E-state index contributed by atoms with van der Waals surface area (Å²) in [6.07, 6.45) is 2.81. The lowest BCUT2D eigenvalue weighted by atomic mass is 10.1. The molecule has 0 heterocycles. The van der Waals surface area contributed by atoms with Crippen molar-refractivity contribution >= 4 is 19.0 Å². The van der Waals surface area contributed by atoms with Crippen LogP contribution in [0.5, 0.6) is 0 Å². The van der Waals surface area contributed by atoms with E-state index in [2.05, 4.69) is 50.0 Å². The number of carbonyl (C=O) groups excluding carboxylic acids is 1. The zero-order valence-corrected chi connectivity index (χ0v) is 12.6. The van der Waals surface area contributed by atoms with Crippen LogP contribution in [0.2, 0.25) is 18.1 Å². The van der Waals surface area contributed by atoms with Gasteiger partial charge in [0.15, 0.2) is 0 Å². The van der Waals surface area contributed by atoms with Crippen LogP contribution in [0.3, 0.4) is 0 Å². The maximum absolute atomic E-state index is 11.3. The van der Waals surface area contributed by atoms with E-state index in [1.165, 1.54) is 10.8 Å². The van der Waals surface area contributed by atoms with Crippen LogP contribution in [0.1, 0.15) is 26.2 Å². The highest BCUT2D eigenvalue weighted by Gasteiger charge is 2.58. The molecule has 0 amide bonds. The van der Waals surface area contributed by atoms with Crippen molar-refractivity contribution in [2.45, 2.75) is 44.3 Å². The quantitative estimate of drug-likeness (QED) is 0.582.